The Bertz CT molecular complexity index is 53.1. The molecule has 0 amide bonds. The van der Waals surface area contributed by atoms with Crippen LogP contribution in [0, 0.1) is 0 Å². The second-order valence-electron chi connectivity index (χ2n) is 1.81. The van der Waals surface area contributed by atoms with Crippen molar-refractivity contribution in [2.24, 2.45) is 0 Å². The molecular weight excluding hydrogens is 144 g/mol. The van der Waals surface area contributed by atoms with E-state index < -0.39 is 0 Å². The van der Waals surface area contributed by atoms with Gasteiger partial charge in [-0.1, -0.05) is 39.3 Å². The predicted molar refractivity (Wildman–Crippen MR) is 63.6 cm³/mol. The van der Waals surface area contributed by atoms with Crippen LogP contribution in [0.2, 0.25) is 0 Å². The molecule has 0 bridgehead atoms. The zero-order valence-corrected chi connectivity index (χ0v) is 9.40. The summed E-state index contributed by atoms with van der Waals surface area (Å²) in [6, 6.07) is 0. The molecule has 0 radical (unpaired) electrons. The van der Waals surface area contributed by atoms with Gasteiger partial charge in [0.2, 0.25) is 0 Å². The Balaban J connectivity index is -0.0000000368. The summed E-state index contributed by atoms with van der Waals surface area (Å²) in [5, 5.41) is 0. The van der Waals surface area contributed by atoms with Crippen LogP contribution < -0.4 is 0 Å². The monoisotopic (exact) mass is 170 g/mol. The molecule has 0 spiro atoms. The first-order chi connectivity index (χ1) is 5.74. The molecule has 0 N–H and O–H groups in total. The molecule has 0 aromatic carbocycles. The first-order valence-electron chi connectivity index (χ1n) is 4.42. The van der Waals surface area contributed by atoms with Gasteiger partial charge in [0.25, 0.3) is 0 Å². The summed E-state index contributed by atoms with van der Waals surface area (Å²) in [4.78, 5) is 0. The van der Waals surface area contributed by atoms with E-state index in [4.69, 9.17) is 0 Å². The smallest absolute Gasteiger partial charge is 0.0382 e. The van der Waals surface area contributed by atoms with E-state index in [9.17, 15) is 0 Å². The van der Waals surface area contributed by atoms with Crippen LogP contribution in [0.4, 0.5) is 0 Å². The van der Waals surface area contributed by atoms with Gasteiger partial charge in [-0.3, -0.25) is 0 Å². The van der Waals surface area contributed by atoms with Crippen LogP contribution in [0.1, 0.15) is 40.5 Å². The maximum Gasteiger partial charge on any atom is -0.0382 e. The van der Waals surface area contributed by atoms with Crippen molar-refractivity contribution in [1.82, 2.24) is 0 Å². The second-order valence-corrected chi connectivity index (χ2v) is 1.81. The molecule has 0 aliphatic rings. The van der Waals surface area contributed by atoms with Crippen molar-refractivity contribution in [3.05, 3.63) is 38.5 Å². The Morgan fingerprint density at radius 3 is 1.08 bits per heavy atom. The lowest BCUT2D eigenvalue weighted by Crippen LogP contribution is -1.36. The summed E-state index contributed by atoms with van der Waals surface area (Å²) < 4.78 is 0. The van der Waals surface area contributed by atoms with Crippen molar-refractivity contribution in [1.29, 1.82) is 0 Å². The van der Waals surface area contributed by atoms with Gasteiger partial charge in [-0.15, -0.1) is 26.3 Å². The van der Waals surface area contributed by atoms with Gasteiger partial charge in [0.15, 0.2) is 0 Å². The molecule has 0 heteroatoms. The minimum absolute atomic E-state index is 1.08. The largest absolute Gasteiger partial charge is 0.106 e. The third-order valence-electron chi connectivity index (χ3n) is 0.289. The van der Waals surface area contributed by atoms with Crippen molar-refractivity contribution in [3.8, 4) is 0 Å². The number of allylic oxidation sites excluding steroid dienone is 2. The van der Waals surface area contributed by atoms with Gasteiger partial charge in [0.1, 0.15) is 0 Å². The van der Waals surface area contributed by atoms with Crippen LogP contribution in [0.5, 0.6) is 0 Å². The third kappa shape index (κ3) is 12900. The standard InChI is InChI=1S/C4H8.C3H8.C3H6.C2H4/c1-3-4-2;2*1-3-2;1-2/h3H,1,4H2,2H3;3H2,1-2H3;3H,1H2,2H3;1-2H2. The predicted octanol–water partition coefficient (Wildman–Crippen LogP) is 4.99. The van der Waals surface area contributed by atoms with Gasteiger partial charge in [-0.05, 0) is 13.3 Å². The molecule has 0 aliphatic carbocycles. The van der Waals surface area contributed by atoms with Gasteiger partial charge in [-0.25, -0.2) is 0 Å². The molecule has 12 heavy (non-hydrogen) atoms. The van der Waals surface area contributed by atoms with Crippen LogP contribution in [0.3, 0.4) is 0 Å². The lowest BCUT2D eigenvalue weighted by molar-refractivity contribution is 1.09. The minimum atomic E-state index is 1.08. The Morgan fingerprint density at radius 2 is 1.08 bits per heavy atom. The normalized spacial score (nSPS) is 5.00. The molecule has 0 rings (SSSR count). The summed E-state index contributed by atoms with van der Waals surface area (Å²) in [6.45, 7) is 21.0. The molecule has 0 aromatic rings. The SMILES string of the molecule is C=C.C=CC.C=CCC.CCC. The van der Waals surface area contributed by atoms with Crippen molar-refractivity contribution in [2.75, 3.05) is 0 Å². The van der Waals surface area contributed by atoms with Crippen molar-refractivity contribution >= 4 is 0 Å². The summed E-state index contributed by atoms with van der Waals surface area (Å²) >= 11 is 0. The van der Waals surface area contributed by atoms with Crippen LogP contribution in [0.25, 0.3) is 0 Å². The van der Waals surface area contributed by atoms with Gasteiger partial charge >= 0.3 is 0 Å². The van der Waals surface area contributed by atoms with Crippen molar-refractivity contribution < 1.29 is 0 Å². The topological polar surface area (TPSA) is 0 Å². The average molecular weight is 170 g/mol. The first-order valence-corrected chi connectivity index (χ1v) is 4.42. The van der Waals surface area contributed by atoms with E-state index in [0.717, 1.165) is 6.42 Å². The Morgan fingerprint density at radius 1 is 1.00 bits per heavy atom. The van der Waals surface area contributed by atoms with Crippen molar-refractivity contribution in [2.45, 2.75) is 40.5 Å². The zero-order chi connectivity index (χ0) is 10.8. The van der Waals surface area contributed by atoms with E-state index in [1.54, 1.807) is 6.08 Å². The Labute approximate surface area is 79.7 Å². The second kappa shape index (κ2) is 83.8. The molecule has 0 heterocycles. The highest BCUT2D eigenvalue weighted by atomic mass is 13.5. The molecule has 0 saturated carbocycles. The van der Waals surface area contributed by atoms with Crippen molar-refractivity contribution in [3.63, 3.8) is 0 Å². The first kappa shape index (κ1) is 22.5. The fraction of sp³-hybridized carbons (Fsp3) is 0.500. The van der Waals surface area contributed by atoms with E-state index in [1.807, 2.05) is 13.0 Å². The zero-order valence-electron chi connectivity index (χ0n) is 9.40. The quantitative estimate of drug-likeness (QED) is 0.486. The highest BCUT2D eigenvalue weighted by molar-refractivity contribution is 4.60. The van der Waals surface area contributed by atoms with Crippen LogP contribution in [-0.4, -0.2) is 0 Å². The maximum absolute atomic E-state index is 3.48. The summed E-state index contributed by atoms with van der Waals surface area (Å²) in [5.74, 6) is 0. The number of hydrogen-bond donors (Lipinski definition) is 0. The fourth-order valence-electron chi connectivity index (χ4n) is 0. The van der Waals surface area contributed by atoms with Gasteiger partial charge in [0.05, 0.1) is 0 Å². The molecule has 74 valence electrons. The summed E-state index contributed by atoms with van der Waals surface area (Å²) in [5.41, 5.74) is 0. The van der Waals surface area contributed by atoms with Gasteiger partial charge < -0.3 is 0 Å². The van der Waals surface area contributed by atoms with E-state index >= 15 is 0 Å². The highest BCUT2D eigenvalue weighted by Gasteiger charge is 1.45. The minimum Gasteiger partial charge on any atom is -0.106 e. The van der Waals surface area contributed by atoms with E-state index in [1.165, 1.54) is 6.42 Å². The molecule has 0 saturated heterocycles. The molecule has 0 nitrogen and oxygen atoms in total. The number of hydrogen-bond acceptors (Lipinski definition) is 0. The van der Waals surface area contributed by atoms with E-state index in [-0.39, 0.29) is 0 Å². The van der Waals surface area contributed by atoms with E-state index in [0.29, 0.717) is 0 Å². The van der Waals surface area contributed by atoms with Crippen LogP contribution >= 0.6 is 0 Å². The molecular formula is C12H26. The Hall–Kier alpha value is -0.780. The average Bonchev–Trinajstić information content (AvgIpc) is 2.10. The lowest BCUT2D eigenvalue weighted by atomic mass is 10.5. The van der Waals surface area contributed by atoms with Crippen LogP contribution in [-0.2, 0) is 0 Å². The molecule has 0 aliphatic heterocycles. The highest BCUT2D eigenvalue weighted by Crippen LogP contribution is 1.66. The Kier molecular flexibility index (Phi) is 157. The fourth-order valence-corrected chi connectivity index (χ4v) is 0. The molecule has 0 unspecified atom stereocenters. The lowest BCUT2D eigenvalue weighted by Gasteiger charge is -1.57. The summed E-state index contributed by atoms with van der Waals surface area (Å²) in [6.07, 6.45) is 5.96. The summed E-state index contributed by atoms with van der Waals surface area (Å²) in [7, 11) is 0. The maximum atomic E-state index is 3.48. The van der Waals surface area contributed by atoms with Crippen LogP contribution in [0.15, 0.2) is 38.5 Å². The molecule has 0 aromatic heterocycles. The molecule has 0 atom stereocenters. The van der Waals surface area contributed by atoms with Gasteiger partial charge in [-0.2, -0.15) is 0 Å². The van der Waals surface area contributed by atoms with Gasteiger partial charge in [0, 0.05) is 0 Å². The third-order valence-corrected chi connectivity index (χ3v) is 0.289. The molecule has 0 fully saturated rings. The number of rotatable bonds is 1. The van der Waals surface area contributed by atoms with E-state index in [2.05, 4.69) is 47.1 Å².